The highest BCUT2D eigenvalue weighted by Crippen LogP contribution is 2.17. The fraction of sp³-hybridized carbons (Fsp3) is 0.300. The molecule has 2 aromatic rings. The molecule has 2 amide bonds. The molecule has 0 atom stereocenters. The summed E-state index contributed by atoms with van der Waals surface area (Å²) in [7, 11) is 1.57. The number of carbonyl (C=O) groups is 2. The first kappa shape index (κ1) is 19.3. The average Bonchev–Trinajstić information content (AvgIpc) is 2.59. The highest BCUT2D eigenvalue weighted by molar-refractivity contribution is 6.04. The van der Waals surface area contributed by atoms with E-state index in [1.165, 1.54) is 0 Å². The highest BCUT2D eigenvalue weighted by Gasteiger charge is 2.15. The number of methoxy groups -OCH3 is 1. The van der Waals surface area contributed by atoms with Crippen LogP contribution in [0, 0.1) is 0 Å². The van der Waals surface area contributed by atoms with Crippen molar-refractivity contribution in [1.82, 2.24) is 5.32 Å². The molecule has 6 heteroatoms. The van der Waals surface area contributed by atoms with Crippen LogP contribution in [0.25, 0.3) is 0 Å². The molecule has 2 N–H and O–H groups in total. The van der Waals surface area contributed by atoms with Crippen molar-refractivity contribution in [2.24, 2.45) is 0 Å². The van der Waals surface area contributed by atoms with Gasteiger partial charge in [-0.3, -0.25) is 4.79 Å². The maximum Gasteiger partial charge on any atom is 0.407 e. The number of amides is 2. The molecule has 26 heavy (non-hydrogen) atoms. The number of hydrogen-bond donors (Lipinski definition) is 2. The van der Waals surface area contributed by atoms with Gasteiger partial charge in [0.05, 0.1) is 7.11 Å². The number of nitrogens with one attached hydrogen (secondary N) is 2. The molecule has 0 fully saturated rings. The van der Waals surface area contributed by atoms with Gasteiger partial charge in [-0.2, -0.15) is 0 Å². The summed E-state index contributed by atoms with van der Waals surface area (Å²) in [6.07, 6.45) is -0.475. The Morgan fingerprint density at radius 3 is 2.35 bits per heavy atom. The second-order valence-corrected chi connectivity index (χ2v) is 6.74. The Morgan fingerprint density at radius 2 is 1.73 bits per heavy atom. The molecule has 6 nitrogen and oxygen atoms in total. The first-order valence-electron chi connectivity index (χ1n) is 8.28. The van der Waals surface area contributed by atoms with E-state index >= 15 is 0 Å². The van der Waals surface area contributed by atoms with Crippen molar-refractivity contribution in [3.05, 3.63) is 59.7 Å². The molecule has 2 rings (SSSR count). The van der Waals surface area contributed by atoms with Gasteiger partial charge in [-0.15, -0.1) is 0 Å². The lowest BCUT2D eigenvalue weighted by Crippen LogP contribution is -2.32. The Morgan fingerprint density at radius 1 is 1.04 bits per heavy atom. The van der Waals surface area contributed by atoms with Gasteiger partial charge in [0, 0.05) is 23.9 Å². The second kappa shape index (κ2) is 8.38. The van der Waals surface area contributed by atoms with Crippen LogP contribution in [0.3, 0.4) is 0 Å². The van der Waals surface area contributed by atoms with Gasteiger partial charge in [-0.05, 0) is 50.6 Å². The standard InChI is InChI=1S/C20H24N2O4/c1-20(2,3)26-19(24)21-13-14-8-10-15(11-9-14)18(23)22-16-6-5-7-17(12-16)25-4/h5-12H,13H2,1-4H3,(H,21,24)(H,22,23). The number of carbonyl (C=O) groups excluding carboxylic acids is 2. The van der Waals surface area contributed by atoms with E-state index in [4.69, 9.17) is 9.47 Å². The van der Waals surface area contributed by atoms with Crippen molar-refractivity contribution < 1.29 is 19.1 Å². The molecule has 0 aliphatic heterocycles. The van der Waals surface area contributed by atoms with Crippen LogP contribution in [0.4, 0.5) is 10.5 Å². The van der Waals surface area contributed by atoms with Crippen LogP contribution in [-0.4, -0.2) is 24.7 Å². The fourth-order valence-electron chi connectivity index (χ4n) is 2.17. The van der Waals surface area contributed by atoms with Gasteiger partial charge >= 0.3 is 6.09 Å². The van der Waals surface area contributed by atoms with Gasteiger partial charge in [0.1, 0.15) is 11.4 Å². The van der Waals surface area contributed by atoms with Gasteiger partial charge in [-0.1, -0.05) is 18.2 Å². The Kier molecular flexibility index (Phi) is 6.22. The largest absolute Gasteiger partial charge is 0.497 e. The third-order valence-corrected chi connectivity index (χ3v) is 3.38. The zero-order valence-electron chi connectivity index (χ0n) is 15.5. The third kappa shape index (κ3) is 6.12. The van der Waals surface area contributed by atoms with E-state index in [0.717, 1.165) is 5.56 Å². The van der Waals surface area contributed by atoms with E-state index in [2.05, 4.69) is 10.6 Å². The predicted molar refractivity (Wildman–Crippen MR) is 100 cm³/mol. The maximum absolute atomic E-state index is 12.3. The molecule has 138 valence electrons. The van der Waals surface area contributed by atoms with Gasteiger partial charge in [0.2, 0.25) is 0 Å². The molecule has 0 saturated heterocycles. The first-order chi connectivity index (χ1) is 12.3. The summed E-state index contributed by atoms with van der Waals surface area (Å²) in [5, 5.41) is 5.50. The van der Waals surface area contributed by atoms with Crippen molar-refractivity contribution in [3.63, 3.8) is 0 Å². The zero-order chi connectivity index (χ0) is 19.2. The molecule has 0 spiro atoms. The summed E-state index contributed by atoms with van der Waals surface area (Å²) in [5.41, 5.74) is 1.51. The molecule has 0 saturated carbocycles. The van der Waals surface area contributed by atoms with Crippen LogP contribution in [-0.2, 0) is 11.3 Å². The molecular weight excluding hydrogens is 332 g/mol. The van der Waals surface area contributed by atoms with Crippen molar-refractivity contribution >= 4 is 17.7 Å². The summed E-state index contributed by atoms with van der Waals surface area (Å²) in [4.78, 5) is 24.0. The molecule has 0 radical (unpaired) electrons. The van der Waals surface area contributed by atoms with E-state index in [1.54, 1.807) is 49.6 Å². The molecule has 0 unspecified atom stereocenters. The Labute approximate surface area is 153 Å². The Balaban J connectivity index is 1.91. The number of hydrogen-bond acceptors (Lipinski definition) is 4. The molecule has 0 heterocycles. The SMILES string of the molecule is COc1cccc(NC(=O)c2ccc(CNC(=O)OC(C)(C)C)cc2)c1. The van der Waals surface area contributed by atoms with E-state index in [9.17, 15) is 9.59 Å². The summed E-state index contributed by atoms with van der Waals surface area (Å²) in [6, 6.07) is 14.2. The van der Waals surface area contributed by atoms with E-state index in [0.29, 0.717) is 23.5 Å². The third-order valence-electron chi connectivity index (χ3n) is 3.38. The fourth-order valence-corrected chi connectivity index (χ4v) is 2.17. The maximum atomic E-state index is 12.3. The molecule has 0 aliphatic rings. The van der Waals surface area contributed by atoms with Crippen LogP contribution in [0.1, 0.15) is 36.7 Å². The smallest absolute Gasteiger partial charge is 0.407 e. The minimum Gasteiger partial charge on any atom is -0.497 e. The highest BCUT2D eigenvalue weighted by atomic mass is 16.6. The number of rotatable bonds is 5. The topological polar surface area (TPSA) is 76.7 Å². The number of alkyl carbamates (subject to hydrolysis) is 1. The van der Waals surface area contributed by atoms with E-state index in [-0.39, 0.29) is 5.91 Å². The quantitative estimate of drug-likeness (QED) is 0.850. The lowest BCUT2D eigenvalue weighted by Gasteiger charge is -2.19. The van der Waals surface area contributed by atoms with Crippen LogP contribution in [0.15, 0.2) is 48.5 Å². The summed E-state index contributed by atoms with van der Waals surface area (Å²) >= 11 is 0. The number of benzene rings is 2. The van der Waals surface area contributed by atoms with E-state index in [1.807, 2.05) is 26.8 Å². The monoisotopic (exact) mass is 356 g/mol. The van der Waals surface area contributed by atoms with Gasteiger partial charge in [0.15, 0.2) is 0 Å². The Bertz CT molecular complexity index is 764. The van der Waals surface area contributed by atoms with Crippen LogP contribution < -0.4 is 15.4 Å². The Hall–Kier alpha value is -3.02. The lowest BCUT2D eigenvalue weighted by atomic mass is 10.1. The molecular formula is C20H24N2O4. The number of anilines is 1. The summed E-state index contributed by atoms with van der Waals surface area (Å²) in [5.74, 6) is 0.455. The second-order valence-electron chi connectivity index (χ2n) is 6.74. The zero-order valence-corrected chi connectivity index (χ0v) is 15.5. The van der Waals surface area contributed by atoms with Crippen molar-refractivity contribution in [3.8, 4) is 5.75 Å². The lowest BCUT2D eigenvalue weighted by molar-refractivity contribution is 0.0523. The van der Waals surface area contributed by atoms with Crippen molar-refractivity contribution in [2.45, 2.75) is 32.9 Å². The summed E-state index contributed by atoms with van der Waals surface area (Å²) < 4.78 is 10.3. The van der Waals surface area contributed by atoms with Gasteiger partial charge in [0.25, 0.3) is 5.91 Å². The minimum absolute atomic E-state index is 0.218. The average molecular weight is 356 g/mol. The molecule has 0 aliphatic carbocycles. The van der Waals surface area contributed by atoms with Crippen LogP contribution in [0.2, 0.25) is 0 Å². The molecule has 2 aromatic carbocycles. The van der Waals surface area contributed by atoms with Crippen molar-refractivity contribution in [1.29, 1.82) is 0 Å². The van der Waals surface area contributed by atoms with E-state index < -0.39 is 11.7 Å². The number of ether oxygens (including phenoxy) is 2. The predicted octanol–water partition coefficient (Wildman–Crippen LogP) is 3.97. The first-order valence-corrected chi connectivity index (χ1v) is 8.28. The van der Waals surface area contributed by atoms with Gasteiger partial charge < -0.3 is 20.1 Å². The van der Waals surface area contributed by atoms with Crippen LogP contribution in [0.5, 0.6) is 5.75 Å². The molecule has 0 bridgehead atoms. The normalized spacial score (nSPS) is 10.8. The summed E-state index contributed by atoms with van der Waals surface area (Å²) in [6.45, 7) is 5.75. The minimum atomic E-state index is -0.536. The van der Waals surface area contributed by atoms with Crippen molar-refractivity contribution in [2.75, 3.05) is 12.4 Å². The molecule has 0 aromatic heterocycles. The van der Waals surface area contributed by atoms with Crippen LogP contribution >= 0.6 is 0 Å². The van der Waals surface area contributed by atoms with Gasteiger partial charge in [-0.25, -0.2) is 4.79 Å².